The fraction of sp³-hybridized carbons (Fsp3) is 0.538. The molecular weight excluding hydrogens is 244 g/mol. The van der Waals surface area contributed by atoms with E-state index in [1.54, 1.807) is 11.3 Å². The molecule has 3 heterocycles. The largest absolute Gasteiger partial charge is 0.345 e. The van der Waals surface area contributed by atoms with Gasteiger partial charge < -0.3 is 4.90 Å². The van der Waals surface area contributed by atoms with Gasteiger partial charge in [-0.05, 0) is 25.1 Å². The van der Waals surface area contributed by atoms with Crippen LogP contribution in [-0.2, 0) is 0 Å². The van der Waals surface area contributed by atoms with E-state index in [-0.39, 0.29) is 0 Å². The predicted molar refractivity (Wildman–Crippen MR) is 76.4 cm³/mol. The third kappa shape index (κ3) is 2.33. The Morgan fingerprint density at radius 3 is 2.83 bits per heavy atom. The molecule has 0 radical (unpaired) electrons. The molecule has 3 rings (SSSR count). The molecule has 0 saturated carbocycles. The van der Waals surface area contributed by atoms with E-state index in [9.17, 15) is 0 Å². The van der Waals surface area contributed by atoms with Crippen molar-refractivity contribution >= 4 is 26.8 Å². The lowest BCUT2D eigenvalue weighted by atomic mass is 10.3. The lowest BCUT2D eigenvalue weighted by molar-refractivity contribution is 0.258. The highest BCUT2D eigenvalue weighted by Gasteiger charge is 2.19. The number of hydrogen-bond acceptors (Lipinski definition) is 5. The maximum Gasteiger partial charge on any atom is 0.188 e. The number of pyridine rings is 1. The van der Waals surface area contributed by atoms with Crippen LogP contribution in [0.1, 0.15) is 13.3 Å². The van der Waals surface area contributed by atoms with Crippen molar-refractivity contribution in [2.75, 3.05) is 37.6 Å². The predicted octanol–water partition coefficient (Wildman–Crippen LogP) is 2.22. The van der Waals surface area contributed by atoms with Crippen molar-refractivity contribution in [3.63, 3.8) is 0 Å². The minimum atomic E-state index is 0.883. The Kier molecular flexibility index (Phi) is 3.43. The number of thiazole rings is 1. The second-order valence-corrected chi connectivity index (χ2v) is 5.66. The summed E-state index contributed by atoms with van der Waals surface area (Å²) in [5.74, 6) is 0. The van der Waals surface area contributed by atoms with Gasteiger partial charge in [0.05, 0.1) is 4.70 Å². The maximum absolute atomic E-state index is 4.62. The van der Waals surface area contributed by atoms with Crippen molar-refractivity contribution in [2.45, 2.75) is 13.3 Å². The molecular formula is C13H18N4S. The van der Waals surface area contributed by atoms with Crippen LogP contribution in [0.25, 0.3) is 10.3 Å². The number of aromatic nitrogens is 2. The number of nitrogens with zero attached hydrogens (tertiary/aromatic N) is 4. The van der Waals surface area contributed by atoms with Crippen LogP contribution in [0.15, 0.2) is 18.3 Å². The van der Waals surface area contributed by atoms with E-state index in [1.807, 2.05) is 12.3 Å². The molecule has 18 heavy (non-hydrogen) atoms. The molecule has 1 aliphatic rings. The topological polar surface area (TPSA) is 32.3 Å². The minimum absolute atomic E-state index is 0.883. The van der Waals surface area contributed by atoms with E-state index in [4.69, 9.17) is 0 Å². The van der Waals surface area contributed by atoms with E-state index in [2.05, 4.69) is 32.8 Å². The standard InChI is InChI=1S/C13H18N4S/c1-2-6-16-7-9-17(10-8-16)13-15-12-11(18-13)4-3-5-14-12/h3-5H,2,6-10H2,1H3. The third-order valence-corrected chi connectivity index (χ3v) is 4.41. The van der Waals surface area contributed by atoms with Gasteiger partial charge in [-0.25, -0.2) is 4.98 Å². The van der Waals surface area contributed by atoms with Crippen molar-refractivity contribution in [3.8, 4) is 0 Å². The number of fused-ring (bicyclic) bond motifs is 1. The van der Waals surface area contributed by atoms with Gasteiger partial charge in [-0.15, -0.1) is 0 Å². The highest BCUT2D eigenvalue weighted by atomic mass is 32.1. The van der Waals surface area contributed by atoms with Crippen LogP contribution < -0.4 is 4.90 Å². The zero-order valence-electron chi connectivity index (χ0n) is 10.7. The van der Waals surface area contributed by atoms with Crippen molar-refractivity contribution in [1.29, 1.82) is 0 Å². The average molecular weight is 262 g/mol. The van der Waals surface area contributed by atoms with Gasteiger partial charge in [0.2, 0.25) is 0 Å². The smallest absolute Gasteiger partial charge is 0.188 e. The summed E-state index contributed by atoms with van der Waals surface area (Å²) in [6.45, 7) is 7.93. The summed E-state index contributed by atoms with van der Waals surface area (Å²) in [6, 6.07) is 4.07. The molecule has 2 aromatic heterocycles. The van der Waals surface area contributed by atoms with E-state index in [0.717, 1.165) is 37.0 Å². The molecule has 1 fully saturated rings. The number of anilines is 1. The van der Waals surface area contributed by atoms with Gasteiger partial charge in [0.15, 0.2) is 10.8 Å². The molecule has 2 aromatic rings. The Morgan fingerprint density at radius 1 is 1.28 bits per heavy atom. The zero-order valence-corrected chi connectivity index (χ0v) is 11.5. The van der Waals surface area contributed by atoms with E-state index >= 15 is 0 Å². The summed E-state index contributed by atoms with van der Waals surface area (Å²) >= 11 is 1.75. The molecule has 96 valence electrons. The maximum atomic E-state index is 4.62. The van der Waals surface area contributed by atoms with E-state index < -0.39 is 0 Å². The first-order valence-corrected chi connectivity index (χ1v) is 7.37. The lowest BCUT2D eigenvalue weighted by Crippen LogP contribution is -2.46. The Morgan fingerprint density at radius 2 is 2.11 bits per heavy atom. The second-order valence-electron chi connectivity index (χ2n) is 4.65. The molecule has 0 N–H and O–H groups in total. The normalized spacial score (nSPS) is 17.5. The first kappa shape index (κ1) is 11.9. The van der Waals surface area contributed by atoms with Gasteiger partial charge >= 0.3 is 0 Å². The number of rotatable bonds is 3. The molecule has 1 aliphatic heterocycles. The number of hydrogen-bond donors (Lipinski definition) is 0. The first-order valence-electron chi connectivity index (χ1n) is 6.55. The summed E-state index contributed by atoms with van der Waals surface area (Å²) in [7, 11) is 0. The number of piperazine rings is 1. The Balaban J connectivity index is 1.72. The Labute approximate surface area is 111 Å². The summed E-state index contributed by atoms with van der Waals surface area (Å²) in [4.78, 5) is 13.8. The third-order valence-electron chi connectivity index (χ3n) is 3.34. The summed E-state index contributed by atoms with van der Waals surface area (Å²) in [5, 5.41) is 1.12. The molecule has 4 nitrogen and oxygen atoms in total. The first-order chi connectivity index (χ1) is 8.86. The Bertz CT molecular complexity index is 483. The van der Waals surface area contributed by atoms with Gasteiger partial charge in [-0.2, -0.15) is 4.98 Å². The summed E-state index contributed by atoms with van der Waals surface area (Å²) in [6.07, 6.45) is 3.05. The molecule has 0 aromatic carbocycles. The summed E-state index contributed by atoms with van der Waals surface area (Å²) < 4.78 is 1.18. The van der Waals surface area contributed by atoms with E-state index in [1.165, 1.54) is 17.7 Å². The Hall–Kier alpha value is -1.20. The molecule has 0 unspecified atom stereocenters. The zero-order chi connectivity index (χ0) is 12.4. The van der Waals surface area contributed by atoms with Crippen LogP contribution in [0.2, 0.25) is 0 Å². The van der Waals surface area contributed by atoms with Crippen LogP contribution in [0.5, 0.6) is 0 Å². The second kappa shape index (κ2) is 5.20. The molecule has 0 aliphatic carbocycles. The van der Waals surface area contributed by atoms with Crippen molar-refractivity contribution in [2.24, 2.45) is 0 Å². The molecule has 0 amide bonds. The van der Waals surface area contributed by atoms with E-state index in [0.29, 0.717) is 0 Å². The van der Waals surface area contributed by atoms with Gasteiger partial charge in [-0.3, -0.25) is 4.90 Å². The molecule has 1 saturated heterocycles. The average Bonchev–Trinajstić information content (AvgIpc) is 2.84. The van der Waals surface area contributed by atoms with Gasteiger partial charge in [0, 0.05) is 32.4 Å². The fourth-order valence-electron chi connectivity index (χ4n) is 2.37. The van der Waals surface area contributed by atoms with Crippen molar-refractivity contribution in [3.05, 3.63) is 18.3 Å². The molecule has 5 heteroatoms. The van der Waals surface area contributed by atoms with Gasteiger partial charge in [-0.1, -0.05) is 18.3 Å². The molecule has 0 bridgehead atoms. The minimum Gasteiger partial charge on any atom is -0.345 e. The SMILES string of the molecule is CCCN1CCN(c2nc3ncccc3s2)CC1. The van der Waals surface area contributed by atoms with Crippen LogP contribution >= 0.6 is 11.3 Å². The van der Waals surface area contributed by atoms with Gasteiger partial charge in [0.25, 0.3) is 0 Å². The van der Waals surface area contributed by atoms with Crippen LogP contribution in [-0.4, -0.2) is 47.6 Å². The molecule has 0 atom stereocenters. The quantitative estimate of drug-likeness (QED) is 0.849. The molecule has 0 spiro atoms. The van der Waals surface area contributed by atoms with Crippen LogP contribution in [0, 0.1) is 0 Å². The van der Waals surface area contributed by atoms with Crippen molar-refractivity contribution < 1.29 is 0 Å². The van der Waals surface area contributed by atoms with Crippen molar-refractivity contribution in [1.82, 2.24) is 14.9 Å². The van der Waals surface area contributed by atoms with Crippen LogP contribution in [0.3, 0.4) is 0 Å². The highest BCUT2D eigenvalue weighted by Crippen LogP contribution is 2.27. The monoisotopic (exact) mass is 262 g/mol. The lowest BCUT2D eigenvalue weighted by Gasteiger charge is -2.34. The summed E-state index contributed by atoms with van der Waals surface area (Å²) in [5.41, 5.74) is 0.883. The van der Waals surface area contributed by atoms with Crippen LogP contribution in [0.4, 0.5) is 5.13 Å². The highest BCUT2D eigenvalue weighted by molar-refractivity contribution is 7.22. The fourth-order valence-corrected chi connectivity index (χ4v) is 3.35. The van der Waals surface area contributed by atoms with Gasteiger partial charge in [0.1, 0.15) is 0 Å².